The predicted molar refractivity (Wildman–Crippen MR) is 49.9 cm³/mol. The van der Waals surface area contributed by atoms with Crippen molar-refractivity contribution in [1.29, 1.82) is 0 Å². The summed E-state index contributed by atoms with van der Waals surface area (Å²) < 4.78 is 12.4. The molecule has 1 unspecified atom stereocenters. The van der Waals surface area contributed by atoms with Gasteiger partial charge in [-0.1, -0.05) is 33.6 Å². The van der Waals surface area contributed by atoms with Gasteiger partial charge < -0.3 is 9.34 Å². The highest BCUT2D eigenvalue weighted by molar-refractivity contribution is 6.65. The summed E-state index contributed by atoms with van der Waals surface area (Å²) in [6, 6.07) is 0. The van der Waals surface area contributed by atoms with Gasteiger partial charge in [-0.15, -0.1) is 0 Å². The average Bonchev–Trinajstić information content (AvgIpc) is 1.88. The van der Waals surface area contributed by atoms with Gasteiger partial charge in [0.25, 0.3) is 6.92 Å². The van der Waals surface area contributed by atoms with Gasteiger partial charge in [0.1, 0.15) is 0 Å². The first kappa shape index (κ1) is 11.0. The van der Waals surface area contributed by atoms with Crippen LogP contribution in [0, 0.1) is 5.92 Å². The van der Waals surface area contributed by atoms with Crippen molar-refractivity contribution < 1.29 is 9.34 Å². The molecular formula is C7H17B2FO. The van der Waals surface area contributed by atoms with Gasteiger partial charge in [-0.3, -0.25) is 0 Å². The first-order chi connectivity index (χ1) is 5.00. The lowest BCUT2D eigenvalue weighted by Gasteiger charge is -2.21. The summed E-state index contributed by atoms with van der Waals surface area (Å²) in [5.41, 5.74) is -0.199. The van der Waals surface area contributed by atoms with Crippen LogP contribution in [-0.2, 0) is 0 Å². The van der Waals surface area contributed by atoms with E-state index in [1.54, 1.807) is 0 Å². The Morgan fingerprint density at radius 2 is 1.73 bits per heavy atom. The molecule has 0 bridgehead atoms. The van der Waals surface area contributed by atoms with E-state index in [1.165, 1.54) is 0 Å². The maximum Gasteiger partial charge on any atom is 0.330 e. The number of hydrogen-bond acceptors (Lipinski definition) is 1. The van der Waals surface area contributed by atoms with E-state index in [4.69, 9.17) is 0 Å². The number of halogens is 1. The van der Waals surface area contributed by atoms with Crippen molar-refractivity contribution in [2.24, 2.45) is 5.92 Å². The molecule has 0 aromatic rings. The molecule has 0 aromatic carbocycles. The molecule has 64 valence electrons. The maximum absolute atomic E-state index is 12.4. The van der Waals surface area contributed by atoms with Crippen LogP contribution in [0.2, 0.25) is 11.5 Å². The Hall–Kier alpha value is 0.0199. The van der Waals surface area contributed by atoms with Crippen LogP contribution >= 0.6 is 0 Å². The third-order valence-corrected chi connectivity index (χ3v) is 2.16. The van der Waals surface area contributed by atoms with E-state index in [-0.39, 0.29) is 17.5 Å². The van der Waals surface area contributed by atoms with E-state index < -0.39 is 14.5 Å². The van der Waals surface area contributed by atoms with Crippen LogP contribution in [0.5, 0.6) is 0 Å². The largest absolute Gasteiger partial charge is 0.450 e. The highest BCUT2D eigenvalue weighted by Crippen LogP contribution is 2.25. The second-order valence-electron chi connectivity index (χ2n) is 3.80. The van der Waals surface area contributed by atoms with E-state index in [9.17, 15) is 9.34 Å². The van der Waals surface area contributed by atoms with Gasteiger partial charge >= 0.3 is 7.56 Å². The predicted octanol–water partition coefficient (Wildman–Crippen LogP) is 1.68. The minimum Gasteiger partial charge on any atom is -0.450 e. The third-order valence-electron chi connectivity index (χ3n) is 2.16. The van der Waals surface area contributed by atoms with Gasteiger partial charge in [0.05, 0.1) is 0 Å². The fourth-order valence-corrected chi connectivity index (χ4v) is 1.16. The third kappa shape index (κ3) is 3.28. The molecule has 0 rings (SSSR count). The highest BCUT2D eigenvalue weighted by Gasteiger charge is 2.30. The Balaban J connectivity index is 4.02. The Bertz CT molecular complexity index is 109. The summed E-state index contributed by atoms with van der Waals surface area (Å²) in [4.78, 5) is 0. The minimum absolute atomic E-state index is 0.151. The molecule has 0 aliphatic carbocycles. The Labute approximate surface area is 69.8 Å². The van der Waals surface area contributed by atoms with Crippen molar-refractivity contribution in [3.63, 3.8) is 0 Å². The lowest BCUT2D eigenvalue weighted by molar-refractivity contribution is 0.510. The summed E-state index contributed by atoms with van der Waals surface area (Å²) >= 11 is 0. The van der Waals surface area contributed by atoms with Crippen LogP contribution in [-0.4, -0.2) is 19.5 Å². The first-order valence-electron chi connectivity index (χ1n) is 4.24. The number of hydrogen-bond donors (Lipinski definition) is 1. The quantitative estimate of drug-likeness (QED) is 0.617. The van der Waals surface area contributed by atoms with Crippen molar-refractivity contribution in [1.82, 2.24) is 0 Å². The molecule has 0 aromatic heterocycles. The molecule has 0 radical (unpaired) electrons. The molecule has 1 atom stereocenters. The average molecular weight is 158 g/mol. The smallest absolute Gasteiger partial charge is 0.330 e. The SMILES string of the molecule is CC(C)B(O)C(BF)C(C)C. The Morgan fingerprint density at radius 3 is 1.82 bits per heavy atom. The van der Waals surface area contributed by atoms with E-state index >= 15 is 0 Å². The summed E-state index contributed by atoms with van der Waals surface area (Å²) in [6.07, 6.45) is 0. The molecule has 0 fully saturated rings. The van der Waals surface area contributed by atoms with E-state index in [0.717, 1.165) is 0 Å². The van der Waals surface area contributed by atoms with Crippen LogP contribution in [0.15, 0.2) is 0 Å². The van der Waals surface area contributed by atoms with Crippen molar-refractivity contribution in [2.45, 2.75) is 39.2 Å². The number of rotatable bonds is 4. The van der Waals surface area contributed by atoms with E-state index in [1.807, 2.05) is 27.7 Å². The standard InChI is InChI=1S/C7H17B2FO/c1-5(2)7(8-10)9(11)6(3)4/h5-8,11H,1-4H3. The Morgan fingerprint density at radius 1 is 1.27 bits per heavy atom. The van der Waals surface area contributed by atoms with Crippen LogP contribution in [0.25, 0.3) is 0 Å². The van der Waals surface area contributed by atoms with Gasteiger partial charge in [-0.2, -0.15) is 0 Å². The molecule has 0 spiro atoms. The Kier molecular flexibility index (Phi) is 4.82. The molecule has 0 heterocycles. The molecule has 0 saturated heterocycles. The lowest BCUT2D eigenvalue weighted by Crippen LogP contribution is -2.30. The van der Waals surface area contributed by atoms with E-state index in [2.05, 4.69) is 0 Å². The van der Waals surface area contributed by atoms with E-state index in [0.29, 0.717) is 0 Å². The van der Waals surface area contributed by atoms with Crippen LogP contribution in [0.4, 0.5) is 4.32 Å². The van der Waals surface area contributed by atoms with Gasteiger partial charge in [0.15, 0.2) is 0 Å². The van der Waals surface area contributed by atoms with Crippen molar-refractivity contribution in [3.05, 3.63) is 0 Å². The molecule has 0 amide bonds. The summed E-state index contributed by atoms with van der Waals surface area (Å²) in [6.45, 7) is 7.21. The second kappa shape index (κ2) is 4.81. The fraction of sp³-hybridized carbons (Fsp3) is 1.00. The molecule has 11 heavy (non-hydrogen) atoms. The van der Waals surface area contributed by atoms with Crippen LogP contribution in [0.3, 0.4) is 0 Å². The zero-order chi connectivity index (χ0) is 9.02. The van der Waals surface area contributed by atoms with Gasteiger partial charge in [-0.25, -0.2) is 0 Å². The lowest BCUT2D eigenvalue weighted by atomic mass is 9.38. The summed E-state index contributed by atoms with van der Waals surface area (Å²) in [7, 11) is -0.420. The maximum atomic E-state index is 12.4. The summed E-state index contributed by atoms with van der Waals surface area (Å²) in [5, 5.41) is 9.52. The van der Waals surface area contributed by atoms with Gasteiger partial charge in [0.2, 0.25) is 0 Å². The second-order valence-corrected chi connectivity index (χ2v) is 3.80. The van der Waals surface area contributed by atoms with Crippen LogP contribution in [0.1, 0.15) is 27.7 Å². The summed E-state index contributed by atoms with van der Waals surface area (Å²) in [5.74, 6) is 0.371. The highest BCUT2D eigenvalue weighted by atomic mass is 19.1. The minimum atomic E-state index is -0.500. The van der Waals surface area contributed by atoms with Crippen molar-refractivity contribution in [2.75, 3.05) is 0 Å². The first-order valence-corrected chi connectivity index (χ1v) is 4.24. The molecule has 0 saturated carbocycles. The van der Waals surface area contributed by atoms with Gasteiger partial charge in [-0.05, 0) is 11.5 Å². The zero-order valence-electron chi connectivity index (χ0n) is 7.84. The molecule has 1 nitrogen and oxygen atoms in total. The van der Waals surface area contributed by atoms with Gasteiger partial charge in [0, 0.05) is 0 Å². The topological polar surface area (TPSA) is 20.2 Å². The molecule has 0 aliphatic rings. The molecule has 4 heteroatoms. The van der Waals surface area contributed by atoms with Crippen molar-refractivity contribution in [3.8, 4) is 0 Å². The van der Waals surface area contributed by atoms with Crippen molar-refractivity contribution >= 4 is 14.5 Å². The molecule has 1 N–H and O–H groups in total. The monoisotopic (exact) mass is 158 g/mol. The fourth-order valence-electron chi connectivity index (χ4n) is 1.16. The normalized spacial score (nSPS) is 13.8. The zero-order valence-corrected chi connectivity index (χ0v) is 7.84. The van der Waals surface area contributed by atoms with Crippen LogP contribution < -0.4 is 0 Å². The molecule has 0 aliphatic heterocycles. The molecular weight excluding hydrogens is 141 g/mol.